The van der Waals surface area contributed by atoms with Crippen LogP contribution < -0.4 is 10.6 Å². The van der Waals surface area contributed by atoms with E-state index in [1.54, 1.807) is 0 Å². The second kappa shape index (κ2) is 4.64. The van der Waals surface area contributed by atoms with E-state index in [9.17, 15) is 4.79 Å². The fourth-order valence-corrected chi connectivity index (χ4v) is 1.42. The van der Waals surface area contributed by atoms with E-state index in [2.05, 4.69) is 10.6 Å². The zero-order chi connectivity index (χ0) is 10.6. The molecule has 0 aromatic rings. The molecule has 4 nitrogen and oxygen atoms in total. The Morgan fingerprint density at radius 1 is 1.43 bits per heavy atom. The van der Waals surface area contributed by atoms with Crippen LogP contribution in [0.1, 0.15) is 40.0 Å². The first-order valence-electron chi connectivity index (χ1n) is 5.20. The van der Waals surface area contributed by atoms with Crippen LogP contribution in [0.15, 0.2) is 0 Å². The molecule has 14 heavy (non-hydrogen) atoms. The van der Waals surface area contributed by atoms with Crippen molar-refractivity contribution in [2.45, 2.75) is 51.8 Å². The third-order valence-electron chi connectivity index (χ3n) is 2.00. The predicted molar refractivity (Wildman–Crippen MR) is 55.0 cm³/mol. The van der Waals surface area contributed by atoms with E-state index in [4.69, 9.17) is 4.74 Å². The highest BCUT2D eigenvalue weighted by Gasteiger charge is 2.20. The highest BCUT2D eigenvalue weighted by atomic mass is 16.6. The van der Waals surface area contributed by atoms with Gasteiger partial charge in [0.25, 0.3) is 0 Å². The van der Waals surface area contributed by atoms with Gasteiger partial charge >= 0.3 is 6.09 Å². The van der Waals surface area contributed by atoms with Gasteiger partial charge in [-0.15, -0.1) is 0 Å². The van der Waals surface area contributed by atoms with Crippen LogP contribution in [-0.4, -0.2) is 24.4 Å². The van der Waals surface area contributed by atoms with Crippen molar-refractivity contribution in [2.24, 2.45) is 0 Å². The number of hydrogen-bond acceptors (Lipinski definition) is 3. The average molecular weight is 200 g/mol. The van der Waals surface area contributed by atoms with E-state index < -0.39 is 5.60 Å². The standard InChI is InChI=1S/C10H20N2O2/c1-10(2,3)14-9(13)12-8-6-4-5-7-11-8/h8,11H,4-7H2,1-3H3,(H,12,13). The smallest absolute Gasteiger partial charge is 0.408 e. The fourth-order valence-electron chi connectivity index (χ4n) is 1.42. The van der Waals surface area contributed by atoms with Crippen LogP contribution >= 0.6 is 0 Å². The maximum absolute atomic E-state index is 11.4. The molecule has 0 aromatic carbocycles. The number of piperidine rings is 1. The number of carbonyl (C=O) groups excluding carboxylic acids is 1. The van der Waals surface area contributed by atoms with Crippen molar-refractivity contribution in [3.63, 3.8) is 0 Å². The molecule has 0 spiro atoms. The van der Waals surface area contributed by atoms with Crippen molar-refractivity contribution in [3.05, 3.63) is 0 Å². The molecule has 1 rings (SSSR count). The Morgan fingerprint density at radius 3 is 2.64 bits per heavy atom. The Morgan fingerprint density at radius 2 is 2.14 bits per heavy atom. The van der Waals surface area contributed by atoms with E-state index in [-0.39, 0.29) is 12.3 Å². The topological polar surface area (TPSA) is 50.4 Å². The quantitative estimate of drug-likeness (QED) is 0.676. The third kappa shape index (κ3) is 4.46. The summed E-state index contributed by atoms with van der Waals surface area (Å²) in [6.07, 6.45) is 3.08. The van der Waals surface area contributed by atoms with Gasteiger partial charge in [0.05, 0.1) is 6.17 Å². The number of ether oxygens (including phenoxy) is 1. The van der Waals surface area contributed by atoms with Crippen LogP contribution in [0.2, 0.25) is 0 Å². The summed E-state index contributed by atoms with van der Waals surface area (Å²) in [7, 11) is 0. The molecule has 4 heteroatoms. The van der Waals surface area contributed by atoms with Gasteiger partial charge in [-0.05, 0) is 46.6 Å². The van der Waals surface area contributed by atoms with Crippen molar-refractivity contribution in [1.82, 2.24) is 10.6 Å². The molecule has 1 aliphatic heterocycles. The van der Waals surface area contributed by atoms with Gasteiger partial charge in [0, 0.05) is 0 Å². The van der Waals surface area contributed by atoms with Gasteiger partial charge in [-0.3, -0.25) is 5.32 Å². The predicted octanol–water partition coefficient (Wildman–Crippen LogP) is 1.61. The Balaban J connectivity index is 2.25. The normalized spacial score (nSPS) is 22.9. The van der Waals surface area contributed by atoms with Crippen LogP contribution in [0, 0.1) is 0 Å². The van der Waals surface area contributed by atoms with Gasteiger partial charge in [0.2, 0.25) is 0 Å². The zero-order valence-corrected chi connectivity index (χ0v) is 9.22. The number of amides is 1. The third-order valence-corrected chi connectivity index (χ3v) is 2.00. The highest BCUT2D eigenvalue weighted by molar-refractivity contribution is 5.68. The molecule has 0 saturated carbocycles. The van der Waals surface area contributed by atoms with Crippen LogP contribution in [0.5, 0.6) is 0 Å². The molecule has 2 N–H and O–H groups in total. The molecule has 1 atom stereocenters. The Kier molecular flexibility index (Phi) is 3.75. The van der Waals surface area contributed by atoms with Crippen molar-refractivity contribution in [1.29, 1.82) is 0 Å². The Labute approximate surface area is 85.4 Å². The summed E-state index contributed by atoms with van der Waals surface area (Å²) < 4.78 is 5.15. The van der Waals surface area contributed by atoms with Crippen molar-refractivity contribution in [2.75, 3.05) is 6.54 Å². The lowest BCUT2D eigenvalue weighted by Gasteiger charge is -2.26. The summed E-state index contributed by atoms with van der Waals surface area (Å²) in [5.41, 5.74) is -0.418. The number of carbonyl (C=O) groups is 1. The molecular formula is C10H20N2O2. The molecule has 0 aliphatic carbocycles. The minimum Gasteiger partial charge on any atom is -0.444 e. The summed E-state index contributed by atoms with van der Waals surface area (Å²) in [5, 5.41) is 6.03. The second-order valence-electron chi connectivity index (χ2n) is 4.65. The number of rotatable bonds is 1. The maximum atomic E-state index is 11.4. The van der Waals surface area contributed by atoms with Gasteiger partial charge in [-0.1, -0.05) is 0 Å². The molecule has 1 heterocycles. The van der Waals surface area contributed by atoms with E-state index in [1.807, 2.05) is 20.8 Å². The van der Waals surface area contributed by atoms with Crippen molar-refractivity contribution >= 4 is 6.09 Å². The molecule has 1 unspecified atom stereocenters. The van der Waals surface area contributed by atoms with Gasteiger partial charge in [-0.2, -0.15) is 0 Å². The summed E-state index contributed by atoms with van der Waals surface area (Å²) in [6.45, 7) is 6.56. The largest absolute Gasteiger partial charge is 0.444 e. The van der Waals surface area contributed by atoms with Gasteiger partial charge in [0.15, 0.2) is 0 Å². The Hall–Kier alpha value is -0.770. The Bertz CT molecular complexity index is 193. The first-order chi connectivity index (χ1) is 6.47. The number of nitrogens with one attached hydrogen (secondary N) is 2. The molecular weight excluding hydrogens is 180 g/mol. The van der Waals surface area contributed by atoms with E-state index in [0.717, 1.165) is 19.4 Å². The van der Waals surface area contributed by atoms with Gasteiger partial charge in [0.1, 0.15) is 5.60 Å². The molecule has 1 saturated heterocycles. The van der Waals surface area contributed by atoms with E-state index in [0.29, 0.717) is 0 Å². The molecule has 82 valence electrons. The summed E-state index contributed by atoms with van der Waals surface area (Å²) in [5.74, 6) is 0. The molecule has 1 amide bonds. The van der Waals surface area contributed by atoms with Crippen molar-refractivity contribution < 1.29 is 9.53 Å². The number of hydrogen-bond donors (Lipinski definition) is 2. The first-order valence-corrected chi connectivity index (χ1v) is 5.20. The average Bonchev–Trinajstić information content (AvgIpc) is 2.02. The van der Waals surface area contributed by atoms with Crippen molar-refractivity contribution in [3.8, 4) is 0 Å². The van der Waals surface area contributed by atoms with Crippen LogP contribution in [0.25, 0.3) is 0 Å². The van der Waals surface area contributed by atoms with E-state index in [1.165, 1.54) is 6.42 Å². The lowest BCUT2D eigenvalue weighted by molar-refractivity contribution is 0.0485. The van der Waals surface area contributed by atoms with Crippen LogP contribution in [0.4, 0.5) is 4.79 Å². The zero-order valence-electron chi connectivity index (χ0n) is 9.22. The number of alkyl carbamates (subject to hydrolysis) is 1. The van der Waals surface area contributed by atoms with Gasteiger partial charge in [-0.25, -0.2) is 4.79 Å². The molecule has 0 bridgehead atoms. The van der Waals surface area contributed by atoms with Crippen LogP contribution in [0.3, 0.4) is 0 Å². The second-order valence-corrected chi connectivity index (χ2v) is 4.65. The minimum absolute atomic E-state index is 0.0820. The van der Waals surface area contributed by atoms with Gasteiger partial charge < -0.3 is 10.1 Å². The minimum atomic E-state index is -0.418. The first kappa shape index (κ1) is 11.3. The SMILES string of the molecule is CC(C)(C)OC(=O)NC1CCCCN1. The monoisotopic (exact) mass is 200 g/mol. The molecule has 1 fully saturated rings. The highest BCUT2D eigenvalue weighted by Crippen LogP contribution is 2.08. The summed E-state index contributed by atoms with van der Waals surface area (Å²) in [6, 6.07) is 0. The van der Waals surface area contributed by atoms with E-state index >= 15 is 0 Å². The lowest BCUT2D eigenvalue weighted by Crippen LogP contribution is -2.49. The fraction of sp³-hybridized carbons (Fsp3) is 0.900. The maximum Gasteiger partial charge on any atom is 0.408 e. The lowest BCUT2D eigenvalue weighted by atomic mass is 10.1. The van der Waals surface area contributed by atoms with Crippen LogP contribution in [-0.2, 0) is 4.74 Å². The summed E-state index contributed by atoms with van der Waals surface area (Å²) >= 11 is 0. The molecule has 1 aliphatic rings. The molecule has 0 radical (unpaired) electrons. The molecule has 0 aromatic heterocycles. The summed E-state index contributed by atoms with van der Waals surface area (Å²) in [4.78, 5) is 11.4.